The SMILES string of the molecule is CCn1ccnc1C(=O)c1cc(C)ccc1F. The van der Waals surface area contributed by atoms with E-state index in [1.165, 1.54) is 6.07 Å². The zero-order valence-corrected chi connectivity index (χ0v) is 9.77. The van der Waals surface area contributed by atoms with Crippen LogP contribution >= 0.6 is 0 Å². The average Bonchev–Trinajstić information content (AvgIpc) is 2.79. The van der Waals surface area contributed by atoms with Gasteiger partial charge in [-0.15, -0.1) is 0 Å². The fraction of sp³-hybridized carbons (Fsp3) is 0.231. The summed E-state index contributed by atoms with van der Waals surface area (Å²) in [6.07, 6.45) is 3.26. The maximum absolute atomic E-state index is 13.6. The van der Waals surface area contributed by atoms with E-state index in [9.17, 15) is 9.18 Å². The number of hydrogen-bond acceptors (Lipinski definition) is 2. The van der Waals surface area contributed by atoms with E-state index >= 15 is 0 Å². The van der Waals surface area contributed by atoms with Crippen LogP contribution in [0.5, 0.6) is 0 Å². The number of imidazole rings is 1. The molecule has 0 aliphatic rings. The molecule has 0 saturated carbocycles. The van der Waals surface area contributed by atoms with Gasteiger partial charge in [0.05, 0.1) is 5.56 Å². The van der Waals surface area contributed by atoms with Gasteiger partial charge in [0.1, 0.15) is 5.82 Å². The van der Waals surface area contributed by atoms with Gasteiger partial charge in [-0.25, -0.2) is 9.37 Å². The van der Waals surface area contributed by atoms with Crippen LogP contribution in [0.3, 0.4) is 0 Å². The Morgan fingerprint density at radius 1 is 1.47 bits per heavy atom. The van der Waals surface area contributed by atoms with Crippen molar-refractivity contribution in [1.29, 1.82) is 0 Å². The molecule has 0 bridgehead atoms. The van der Waals surface area contributed by atoms with Crippen molar-refractivity contribution < 1.29 is 9.18 Å². The molecule has 0 aliphatic carbocycles. The fourth-order valence-corrected chi connectivity index (χ4v) is 1.71. The third-order valence-corrected chi connectivity index (χ3v) is 2.63. The van der Waals surface area contributed by atoms with Crippen molar-refractivity contribution in [3.05, 3.63) is 53.4 Å². The van der Waals surface area contributed by atoms with Gasteiger partial charge in [-0.3, -0.25) is 4.79 Å². The lowest BCUT2D eigenvalue weighted by atomic mass is 10.1. The molecular weight excluding hydrogens is 219 g/mol. The highest BCUT2D eigenvalue weighted by atomic mass is 19.1. The summed E-state index contributed by atoms with van der Waals surface area (Å²) in [5.41, 5.74) is 0.926. The molecule has 2 aromatic rings. The summed E-state index contributed by atoms with van der Waals surface area (Å²) < 4.78 is 15.3. The van der Waals surface area contributed by atoms with E-state index in [1.54, 1.807) is 29.1 Å². The van der Waals surface area contributed by atoms with Gasteiger partial charge in [-0.2, -0.15) is 0 Å². The van der Waals surface area contributed by atoms with Gasteiger partial charge in [0.25, 0.3) is 0 Å². The van der Waals surface area contributed by atoms with Crippen LogP contribution in [0.25, 0.3) is 0 Å². The summed E-state index contributed by atoms with van der Waals surface area (Å²) in [4.78, 5) is 16.1. The Kier molecular flexibility index (Phi) is 3.04. The number of halogens is 1. The molecule has 0 atom stereocenters. The molecule has 17 heavy (non-hydrogen) atoms. The fourth-order valence-electron chi connectivity index (χ4n) is 1.71. The zero-order valence-electron chi connectivity index (χ0n) is 9.77. The molecule has 1 aromatic heterocycles. The van der Waals surface area contributed by atoms with Crippen LogP contribution in [0.4, 0.5) is 4.39 Å². The number of carbonyl (C=O) groups is 1. The molecule has 1 heterocycles. The second-order valence-corrected chi connectivity index (χ2v) is 3.85. The number of carbonyl (C=O) groups excluding carboxylic acids is 1. The van der Waals surface area contributed by atoms with Crippen molar-refractivity contribution in [3.8, 4) is 0 Å². The molecule has 4 heteroatoms. The Bertz CT molecular complexity index is 560. The standard InChI is InChI=1S/C13H13FN2O/c1-3-16-7-6-15-13(16)12(17)10-8-9(2)4-5-11(10)14/h4-8H,3H2,1-2H3. The molecule has 2 rings (SSSR count). The lowest BCUT2D eigenvalue weighted by molar-refractivity contribution is 0.102. The molecule has 0 spiro atoms. The number of nitrogens with zero attached hydrogens (tertiary/aromatic N) is 2. The average molecular weight is 232 g/mol. The Labute approximate surface area is 98.9 Å². The summed E-state index contributed by atoms with van der Waals surface area (Å²) in [5, 5.41) is 0. The van der Waals surface area contributed by atoms with Gasteiger partial charge in [-0.05, 0) is 26.0 Å². The van der Waals surface area contributed by atoms with Gasteiger partial charge >= 0.3 is 0 Å². The number of aromatic nitrogens is 2. The molecule has 0 unspecified atom stereocenters. The third-order valence-electron chi connectivity index (χ3n) is 2.63. The Morgan fingerprint density at radius 3 is 2.94 bits per heavy atom. The third kappa shape index (κ3) is 2.11. The van der Waals surface area contributed by atoms with Crippen LogP contribution in [0.1, 0.15) is 28.7 Å². The Morgan fingerprint density at radius 2 is 2.24 bits per heavy atom. The molecule has 3 nitrogen and oxygen atoms in total. The van der Waals surface area contributed by atoms with Crippen LogP contribution in [-0.2, 0) is 6.54 Å². The van der Waals surface area contributed by atoms with E-state index in [0.29, 0.717) is 6.54 Å². The highest BCUT2D eigenvalue weighted by molar-refractivity contribution is 6.07. The first-order chi connectivity index (χ1) is 8.13. The van der Waals surface area contributed by atoms with E-state index in [2.05, 4.69) is 4.98 Å². The van der Waals surface area contributed by atoms with Crippen LogP contribution in [0, 0.1) is 12.7 Å². The number of rotatable bonds is 3. The lowest BCUT2D eigenvalue weighted by Crippen LogP contribution is -2.12. The molecular formula is C13H13FN2O. The Hall–Kier alpha value is -1.97. The van der Waals surface area contributed by atoms with Gasteiger partial charge < -0.3 is 4.57 Å². The van der Waals surface area contributed by atoms with E-state index in [1.807, 2.05) is 13.8 Å². The van der Waals surface area contributed by atoms with Crippen LogP contribution in [-0.4, -0.2) is 15.3 Å². The van der Waals surface area contributed by atoms with Crippen molar-refractivity contribution in [2.24, 2.45) is 0 Å². The predicted molar refractivity (Wildman–Crippen MR) is 62.5 cm³/mol. The van der Waals surface area contributed by atoms with Crippen molar-refractivity contribution in [2.45, 2.75) is 20.4 Å². The molecule has 0 fully saturated rings. The smallest absolute Gasteiger partial charge is 0.231 e. The summed E-state index contributed by atoms with van der Waals surface area (Å²) in [6, 6.07) is 4.49. The normalized spacial score (nSPS) is 10.5. The minimum Gasteiger partial charge on any atom is -0.328 e. The molecule has 1 aromatic carbocycles. The summed E-state index contributed by atoms with van der Waals surface area (Å²) >= 11 is 0. The topological polar surface area (TPSA) is 34.9 Å². The van der Waals surface area contributed by atoms with E-state index in [-0.39, 0.29) is 17.2 Å². The molecule has 0 radical (unpaired) electrons. The predicted octanol–water partition coefficient (Wildman–Crippen LogP) is 2.58. The van der Waals surface area contributed by atoms with E-state index in [4.69, 9.17) is 0 Å². The first-order valence-electron chi connectivity index (χ1n) is 5.45. The van der Waals surface area contributed by atoms with E-state index in [0.717, 1.165) is 5.56 Å². The van der Waals surface area contributed by atoms with Crippen molar-refractivity contribution in [1.82, 2.24) is 9.55 Å². The summed E-state index contributed by atoms with van der Waals surface area (Å²) in [6.45, 7) is 4.36. The first-order valence-corrected chi connectivity index (χ1v) is 5.45. The highest BCUT2D eigenvalue weighted by Gasteiger charge is 2.18. The van der Waals surface area contributed by atoms with Crippen molar-refractivity contribution >= 4 is 5.78 Å². The summed E-state index contributed by atoms with van der Waals surface area (Å²) in [5.74, 6) is -0.610. The maximum Gasteiger partial charge on any atom is 0.231 e. The van der Waals surface area contributed by atoms with Crippen molar-refractivity contribution in [3.63, 3.8) is 0 Å². The lowest BCUT2D eigenvalue weighted by Gasteiger charge is -2.05. The molecule has 0 amide bonds. The summed E-state index contributed by atoms with van der Waals surface area (Å²) in [7, 11) is 0. The van der Waals surface area contributed by atoms with Gasteiger partial charge in [0.15, 0.2) is 5.82 Å². The zero-order chi connectivity index (χ0) is 12.4. The molecule has 0 aliphatic heterocycles. The molecule has 88 valence electrons. The Balaban J connectivity index is 2.47. The molecule has 0 saturated heterocycles. The maximum atomic E-state index is 13.6. The largest absolute Gasteiger partial charge is 0.328 e. The van der Waals surface area contributed by atoms with Crippen LogP contribution in [0.15, 0.2) is 30.6 Å². The number of ketones is 1. The van der Waals surface area contributed by atoms with E-state index < -0.39 is 5.82 Å². The number of aryl methyl sites for hydroxylation is 2. The molecule has 0 N–H and O–H groups in total. The van der Waals surface area contributed by atoms with Gasteiger partial charge in [-0.1, -0.05) is 11.6 Å². The minimum atomic E-state index is -0.508. The first kappa shape index (κ1) is 11.5. The van der Waals surface area contributed by atoms with Gasteiger partial charge in [0.2, 0.25) is 5.78 Å². The van der Waals surface area contributed by atoms with Crippen LogP contribution in [0.2, 0.25) is 0 Å². The van der Waals surface area contributed by atoms with Crippen molar-refractivity contribution in [2.75, 3.05) is 0 Å². The highest BCUT2D eigenvalue weighted by Crippen LogP contribution is 2.14. The van der Waals surface area contributed by atoms with Gasteiger partial charge in [0, 0.05) is 18.9 Å². The number of hydrogen-bond donors (Lipinski definition) is 0. The number of benzene rings is 1. The monoisotopic (exact) mass is 232 g/mol. The minimum absolute atomic E-state index is 0.0749. The second kappa shape index (κ2) is 4.49. The quantitative estimate of drug-likeness (QED) is 0.762. The van der Waals surface area contributed by atoms with Crippen LogP contribution < -0.4 is 0 Å². The second-order valence-electron chi connectivity index (χ2n) is 3.85.